The molecule has 5 rings (SSSR count). The molecule has 5 nitrogen and oxygen atoms in total. The van der Waals surface area contributed by atoms with E-state index in [1.54, 1.807) is 17.8 Å². The molecule has 1 atom stereocenters. The molecule has 0 bridgehead atoms. The van der Waals surface area contributed by atoms with Crippen molar-refractivity contribution in [2.45, 2.75) is 42.2 Å². The molecule has 0 spiro atoms. The molecule has 0 radical (unpaired) electrons. The Morgan fingerprint density at radius 3 is 2.70 bits per heavy atom. The number of pyridine rings is 1. The van der Waals surface area contributed by atoms with Gasteiger partial charge in [0, 0.05) is 22.8 Å². The highest BCUT2D eigenvalue weighted by molar-refractivity contribution is 7.98. The first-order valence-corrected chi connectivity index (χ1v) is 12.8. The van der Waals surface area contributed by atoms with Crippen molar-refractivity contribution in [3.05, 3.63) is 65.7 Å². The number of phenols is 1. The number of aromatic hydroxyl groups is 1. The molecule has 0 amide bonds. The van der Waals surface area contributed by atoms with Crippen LogP contribution in [-0.2, 0) is 5.75 Å². The van der Waals surface area contributed by atoms with E-state index >= 15 is 0 Å². The second-order valence-corrected chi connectivity index (χ2v) is 10.1. The third-order valence-corrected chi connectivity index (χ3v) is 7.52. The van der Waals surface area contributed by atoms with Crippen LogP contribution in [0.3, 0.4) is 0 Å². The Labute approximate surface area is 199 Å². The van der Waals surface area contributed by atoms with E-state index in [4.69, 9.17) is 15.5 Å². The maximum absolute atomic E-state index is 10.8. The lowest BCUT2D eigenvalue weighted by Crippen LogP contribution is -2.29. The number of piperidine rings is 1. The number of aromatic nitrogens is 1. The van der Waals surface area contributed by atoms with Crippen molar-refractivity contribution < 1.29 is 9.84 Å². The summed E-state index contributed by atoms with van der Waals surface area (Å²) in [4.78, 5) is 5.99. The number of nitrogen functional groups attached to an aromatic ring is 1. The van der Waals surface area contributed by atoms with Gasteiger partial charge in [0.2, 0.25) is 0 Å². The lowest BCUT2D eigenvalue weighted by atomic mass is 9.88. The Bertz CT molecular complexity index is 1100. The third kappa shape index (κ3) is 5.28. The third-order valence-electron chi connectivity index (χ3n) is 6.49. The molecular formula is C27H31N3O2S. The second-order valence-electron chi connectivity index (χ2n) is 9.01. The summed E-state index contributed by atoms with van der Waals surface area (Å²) >= 11 is 1.78. The van der Waals surface area contributed by atoms with Gasteiger partial charge in [-0.25, -0.2) is 4.98 Å². The molecule has 1 saturated carbocycles. The summed E-state index contributed by atoms with van der Waals surface area (Å²) in [5, 5.41) is 14.3. The summed E-state index contributed by atoms with van der Waals surface area (Å²) in [6.45, 7) is 2.66. The lowest BCUT2D eigenvalue weighted by molar-refractivity contribution is 0.299. The van der Waals surface area contributed by atoms with Gasteiger partial charge in [-0.05, 0) is 80.0 Å². The standard InChI is InChI=1S/C27H31N3O2S/c28-27-22(17-33-20-7-2-1-3-8-20)21(19-6-5-13-29-15-19)14-23(30-27)26-24(31)9-4-10-25(26)32-16-18-11-12-18/h1-4,7-10,14,18-19,29,31H,5-6,11-13,15-17H2,(H2,28,30). The number of ether oxygens (including phenoxy) is 1. The fourth-order valence-corrected chi connectivity index (χ4v) is 5.42. The fraction of sp³-hybridized carbons (Fsp3) is 0.370. The van der Waals surface area contributed by atoms with Gasteiger partial charge in [-0.3, -0.25) is 0 Å². The van der Waals surface area contributed by atoms with Crippen LogP contribution in [0.1, 0.15) is 42.7 Å². The van der Waals surface area contributed by atoms with E-state index in [2.05, 4.69) is 35.6 Å². The summed E-state index contributed by atoms with van der Waals surface area (Å²) in [5.41, 5.74) is 10.2. The Kier molecular flexibility index (Phi) is 6.74. The van der Waals surface area contributed by atoms with Gasteiger partial charge in [0.1, 0.15) is 17.3 Å². The van der Waals surface area contributed by atoms with Crippen molar-refractivity contribution in [1.29, 1.82) is 0 Å². The maximum atomic E-state index is 10.8. The molecule has 3 aromatic rings. The lowest BCUT2D eigenvalue weighted by Gasteiger charge is -2.26. The monoisotopic (exact) mass is 461 g/mol. The number of anilines is 1. The van der Waals surface area contributed by atoms with Gasteiger partial charge in [-0.15, -0.1) is 11.8 Å². The zero-order valence-corrected chi connectivity index (χ0v) is 19.6. The molecule has 2 heterocycles. The van der Waals surface area contributed by atoms with E-state index in [0.717, 1.165) is 37.2 Å². The van der Waals surface area contributed by atoms with E-state index in [-0.39, 0.29) is 5.75 Å². The number of thioether (sulfide) groups is 1. The highest BCUT2D eigenvalue weighted by atomic mass is 32.2. The number of nitrogens with zero attached hydrogens (tertiary/aromatic N) is 1. The van der Waals surface area contributed by atoms with Crippen molar-refractivity contribution in [2.75, 3.05) is 25.4 Å². The number of nitrogens with one attached hydrogen (secondary N) is 1. The van der Waals surface area contributed by atoms with Crippen LogP contribution in [0.4, 0.5) is 5.82 Å². The molecule has 6 heteroatoms. The van der Waals surface area contributed by atoms with Crippen LogP contribution in [0.5, 0.6) is 11.5 Å². The summed E-state index contributed by atoms with van der Waals surface area (Å²) in [6.07, 6.45) is 4.68. The molecule has 2 fully saturated rings. The van der Waals surface area contributed by atoms with Gasteiger partial charge in [0.05, 0.1) is 17.9 Å². The van der Waals surface area contributed by atoms with Crippen LogP contribution in [-0.4, -0.2) is 29.8 Å². The fourth-order valence-electron chi connectivity index (χ4n) is 4.44. The number of rotatable bonds is 8. The molecular weight excluding hydrogens is 430 g/mol. The zero-order valence-electron chi connectivity index (χ0n) is 18.8. The first kappa shape index (κ1) is 22.1. The highest BCUT2D eigenvalue weighted by Gasteiger charge is 2.25. The van der Waals surface area contributed by atoms with Gasteiger partial charge in [-0.2, -0.15) is 0 Å². The van der Waals surface area contributed by atoms with E-state index in [1.807, 2.05) is 18.2 Å². The van der Waals surface area contributed by atoms with Crippen LogP contribution in [0.2, 0.25) is 0 Å². The van der Waals surface area contributed by atoms with Gasteiger partial charge >= 0.3 is 0 Å². The maximum Gasteiger partial charge on any atom is 0.132 e. The van der Waals surface area contributed by atoms with Gasteiger partial charge < -0.3 is 20.9 Å². The zero-order chi connectivity index (χ0) is 22.6. The minimum absolute atomic E-state index is 0.175. The second kappa shape index (κ2) is 10.1. The molecule has 2 aromatic carbocycles. The molecule has 1 saturated heterocycles. The number of phenolic OH excluding ortho intramolecular Hbond substituents is 1. The minimum Gasteiger partial charge on any atom is -0.507 e. The predicted octanol–water partition coefficient (Wildman–Crippen LogP) is 5.58. The van der Waals surface area contributed by atoms with E-state index < -0.39 is 0 Å². The average molecular weight is 462 g/mol. The van der Waals surface area contributed by atoms with Crippen molar-refractivity contribution in [3.8, 4) is 22.8 Å². The van der Waals surface area contributed by atoms with Crippen molar-refractivity contribution in [3.63, 3.8) is 0 Å². The molecule has 1 aliphatic carbocycles. The summed E-state index contributed by atoms with van der Waals surface area (Å²) in [7, 11) is 0. The van der Waals surface area contributed by atoms with Crippen molar-refractivity contribution >= 4 is 17.6 Å². The van der Waals surface area contributed by atoms with E-state index in [0.29, 0.717) is 41.3 Å². The number of hydrogen-bond acceptors (Lipinski definition) is 6. The number of nitrogens with two attached hydrogens (primary N) is 1. The first-order valence-electron chi connectivity index (χ1n) is 11.8. The summed E-state index contributed by atoms with van der Waals surface area (Å²) in [5.74, 6) is 3.14. The smallest absolute Gasteiger partial charge is 0.132 e. The van der Waals surface area contributed by atoms with Crippen LogP contribution < -0.4 is 15.8 Å². The normalized spacial score (nSPS) is 18.2. The Balaban J connectivity index is 1.52. The molecule has 2 aliphatic rings. The van der Waals surface area contributed by atoms with Gasteiger partial charge in [-0.1, -0.05) is 24.3 Å². The van der Waals surface area contributed by atoms with Crippen LogP contribution in [0.25, 0.3) is 11.3 Å². The van der Waals surface area contributed by atoms with Crippen LogP contribution in [0, 0.1) is 5.92 Å². The van der Waals surface area contributed by atoms with Gasteiger partial charge in [0.25, 0.3) is 0 Å². The Morgan fingerprint density at radius 1 is 1.09 bits per heavy atom. The van der Waals surface area contributed by atoms with Crippen molar-refractivity contribution in [2.24, 2.45) is 5.92 Å². The van der Waals surface area contributed by atoms with E-state index in [1.165, 1.54) is 23.3 Å². The Morgan fingerprint density at radius 2 is 1.94 bits per heavy atom. The number of benzene rings is 2. The predicted molar refractivity (Wildman–Crippen MR) is 135 cm³/mol. The van der Waals surface area contributed by atoms with Gasteiger partial charge in [0.15, 0.2) is 0 Å². The number of hydrogen-bond donors (Lipinski definition) is 3. The minimum atomic E-state index is 0.175. The average Bonchev–Trinajstić information content (AvgIpc) is 3.67. The quantitative estimate of drug-likeness (QED) is 0.380. The van der Waals surface area contributed by atoms with Crippen LogP contribution >= 0.6 is 11.8 Å². The Hall–Kier alpha value is -2.70. The highest BCUT2D eigenvalue weighted by Crippen LogP contribution is 2.42. The van der Waals surface area contributed by atoms with E-state index in [9.17, 15) is 5.11 Å². The van der Waals surface area contributed by atoms with Crippen LogP contribution in [0.15, 0.2) is 59.5 Å². The first-order chi connectivity index (χ1) is 16.2. The topological polar surface area (TPSA) is 80.4 Å². The molecule has 4 N–H and O–H groups in total. The molecule has 1 unspecified atom stereocenters. The molecule has 172 valence electrons. The molecule has 1 aliphatic heterocycles. The summed E-state index contributed by atoms with van der Waals surface area (Å²) in [6, 6.07) is 17.9. The van der Waals surface area contributed by atoms with Crippen molar-refractivity contribution in [1.82, 2.24) is 10.3 Å². The molecule has 33 heavy (non-hydrogen) atoms. The largest absolute Gasteiger partial charge is 0.507 e. The molecule has 1 aromatic heterocycles. The SMILES string of the molecule is Nc1nc(-c2c(O)cccc2OCC2CC2)cc(C2CCCNC2)c1CSc1ccccc1. The summed E-state index contributed by atoms with van der Waals surface area (Å²) < 4.78 is 6.10.